The Bertz CT molecular complexity index is 1020. The lowest BCUT2D eigenvalue weighted by atomic mass is 10.2. The normalized spacial score (nSPS) is 13.6. The number of ether oxygens (including phenoxy) is 1. The molecule has 29 heavy (non-hydrogen) atoms. The topological polar surface area (TPSA) is 83.6 Å². The minimum absolute atomic E-state index is 0.0894. The van der Waals surface area contributed by atoms with Gasteiger partial charge in [-0.15, -0.1) is 11.3 Å². The maximum absolute atomic E-state index is 12.5. The molecule has 0 spiro atoms. The molecule has 150 valence electrons. The highest BCUT2D eigenvalue weighted by Gasteiger charge is 2.23. The molecule has 2 amide bonds. The molecular weight excluding hydrogens is 408 g/mol. The molecule has 1 aromatic carbocycles. The van der Waals surface area contributed by atoms with Gasteiger partial charge in [-0.05, 0) is 23.6 Å². The molecule has 0 radical (unpaired) electrons. The smallest absolute Gasteiger partial charge is 0.258 e. The summed E-state index contributed by atoms with van der Waals surface area (Å²) in [5.41, 5.74) is 2.30. The van der Waals surface area contributed by atoms with Crippen LogP contribution in [-0.2, 0) is 17.8 Å². The highest BCUT2D eigenvalue weighted by molar-refractivity contribution is 7.16. The van der Waals surface area contributed by atoms with E-state index in [0.29, 0.717) is 28.7 Å². The maximum atomic E-state index is 12.5. The summed E-state index contributed by atoms with van der Waals surface area (Å²) in [6.45, 7) is 1.67. The van der Waals surface area contributed by atoms with Gasteiger partial charge in [-0.1, -0.05) is 12.1 Å². The van der Waals surface area contributed by atoms with Gasteiger partial charge in [0.25, 0.3) is 5.91 Å². The van der Waals surface area contributed by atoms with E-state index < -0.39 is 0 Å². The van der Waals surface area contributed by atoms with E-state index in [-0.39, 0.29) is 18.4 Å². The molecule has 1 aliphatic heterocycles. The second-order valence-corrected chi connectivity index (χ2v) is 8.43. The fourth-order valence-electron chi connectivity index (χ4n) is 3.14. The van der Waals surface area contributed by atoms with Gasteiger partial charge < -0.3 is 10.1 Å². The monoisotopic (exact) mass is 428 g/mol. The van der Waals surface area contributed by atoms with Crippen molar-refractivity contribution < 1.29 is 14.3 Å². The molecule has 2 N–H and O–H groups in total. The van der Waals surface area contributed by atoms with Gasteiger partial charge in [0.15, 0.2) is 5.13 Å². The van der Waals surface area contributed by atoms with Gasteiger partial charge in [0.2, 0.25) is 5.91 Å². The fourth-order valence-corrected chi connectivity index (χ4v) is 4.82. The number of hydrogen-bond acceptors (Lipinski definition) is 7. The first-order valence-electron chi connectivity index (χ1n) is 9.09. The average Bonchev–Trinajstić information content (AvgIpc) is 3.37. The summed E-state index contributed by atoms with van der Waals surface area (Å²) in [5, 5.41) is 10.1. The van der Waals surface area contributed by atoms with E-state index in [1.165, 1.54) is 22.7 Å². The van der Waals surface area contributed by atoms with Crippen molar-refractivity contribution in [1.82, 2.24) is 9.88 Å². The SMILES string of the molecule is COc1ccccc1NC(=O)CN1CCc2nc(NC(=O)c3ccsc3)sc2C1. The van der Waals surface area contributed by atoms with Crippen LogP contribution in [0.25, 0.3) is 0 Å². The molecule has 7 nitrogen and oxygen atoms in total. The first-order chi connectivity index (χ1) is 14.1. The van der Waals surface area contributed by atoms with E-state index in [1.807, 2.05) is 35.0 Å². The molecule has 2 aromatic heterocycles. The van der Waals surface area contributed by atoms with Crippen molar-refractivity contribution in [3.8, 4) is 5.75 Å². The van der Waals surface area contributed by atoms with Gasteiger partial charge in [-0.25, -0.2) is 4.98 Å². The lowest BCUT2D eigenvalue weighted by molar-refractivity contribution is -0.117. The van der Waals surface area contributed by atoms with Gasteiger partial charge >= 0.3 is 0 Å². The van der Waals surface area contributed by atoms with E-state index in [2.05, 4.69) is 20.5 Å². The number of thiophene rings is 1. The fraction of sp³-hybridized carbons (Fsp3) is 0.250. The van der Waals surface area contributed by atoms with Crippen molar-refractivity contribution in [3.05, 3.63) is 57.2 Å². The molecule has 9 heteroatoms. The van der Waals surface area contributed by atoms with Crippen molar-refractivity contribution in [1.29, 1.82) is 0 Å². The van der Waals surface area contributed by atoms with Crippen LogP contribution in [0, 0.1) is 0 Å². The van der Waals surface area contributed by atoms with Crippen molar-refractivity contribution in [2.75, 3.05) is 30.8 Å². The quantitative estimate of drug-likeness (QED) is 0.628. The molecule has 0 bridgehead atoms. The van der Waals surface area contributed by atoms with Crippen LogP contribution in [0.4, 0.5) is 10.8 Å². The van der Waals surface area contributed by atoms with Gasteiger partial charge in [-0.3, -0.25) is 19.8 Å². The molecular formula is C20H20N4O3S2. The minimum Gasteiger partial charge on any atom is -0.495 e. The largest absolute Gasteiger partial charge is 0.495 e. The van der Waals surface area contributed by atoms with Crippen LogP contribution in [0.2, 0.25) is 0 Å². The van der Waals surface area contributed by atoms with Crippen molar-refractivity contribution in [2.24, 2.45) is 0 Å². The van der Waals surface area contributed by atoms with E-state index in [9.17, 15) is 9.59 Å². The third kappa shape index (κ3) is 4.64. The number of methoxy groups -OCH3 is 1. The zero-order chi connectivity index (χ0) is 20.2. The van der Waals surface area contributed by atoms with E-state index in [4.69, 9.17) is 4.74 Å². The van der Waals surface area contributed by atoms with Crippen LogP contribution in [0.15, 0.2) is 41.1 Å². The Hall–Kier alpha value is -2.75. The summed E-state index contributed by atoms with van der Waals surface area (Å²) in [6, 6.07) is 9.13. The molecule has 0 aliphatic carbocycles. The number of rotatable bonds is 6. The molecule has 0 saturated carbocycles. The maximum Gasteiger partial charge on any atom is 0.258 e. The number of benzene rings is 1. The van der Waals surface area contributed by atoms with Gasteiger partial charge in [0.1, 0.15) is 5.75 Å². The molecule has 0 unspecified atom stereocenters. The molecule has 3 heterocycles. The van der Waals surface area contributed by atoms with Crippen LogP contribution in [-0.4, -0.2) is 41.9 Å². The third-order valence-corrected chi connectivity index (χ3v) is 6.24. The number of nitrogens with zero attached hydrogens (tertiary/aromatic N) is 2. The molecule has 0 fully saturated rings. The molecule has 3 aromatic rings. The number of amides is 2. The van der Waals surface area contributed by atoms with Crippen LogP contribution < -0.4 is 15.4 Å². The highest BCUT2D eigenvalue weighted by Crippen LogP contribution is 2.29. The first kappa shape index (κ1) is 19.6. The molecule has 1 aliphatic rings. The predicted octanol–water partition coefficient (Wildman–Crippen LogP) is 3.46. The van der Waals surface area contributed by atoms with Crippen molar-refractivity contribution in [3.63, 3.8) is 0 Å². The number of carbonyl (C=O) groups excluding carboxylic acids is 2. The highest BCUT2D eigenvalue weighted by atomic mass is 32.1. The van der Waals surface area contributed by atoms with Crippen LogP contribution >= 0.6 is 22.7 Å². The standard InChI is InChI=1S/C20H20N4O3S2/c1-27-16-5-3-2-4-14(16)21-18(25)11-24-8-6-15-17(10-24)29-20(22-15)23-19(26)13-7-9-28-12-13/h2-5,7,9,12H,6,8,10-11H2,1H3,(H,21,25)(H,22,23,26). The number of carbonyl (C=O) groups is 2. The number of thiazole rings is 1. The Morgan fingerprint density at radius 2 is 2.10 bits per heavy atom. The Morgan fingerprint density at radius 3 is 2.90 bits per heavy atom. The van der Waals surface area contributed by atoms with Gasteiger partial charge in [0, 0.05) is 29.8 Å². The van der Waals surface area contributed by atoms with Crippen LogP contribution in [0.3, 0.4) is 0 Å². The second kappa shape index (κ2) is 8.73. The average molecular weight is 429 g/mol. The lowest BCUT2D eigenvalue weighted by Gasteiger charge is -2.25. The summed E-state index contributed by atoms with van der Waals surface area (Å²) in [4.78, 5) is 32.4. The first-order valence-corrected chi connectivity index (χ1v) is 10.9. The molecule has 0 atom stereocenters. The summed E-state index contributed by atoms with van der Waals surface area (Å²) in [7, 11) is 1.58. The number of hydrogen-bond donors (Lipinski definition) is 2. The summed E-state index contributed by atoms with van der Waals surface area (Å²) in [5.74, 6) is 0.397. The Balaban J connectivity index is 1.35. The third-order valence-electron chi connectivity index (χ3n) is 4.56. The molecule has 4 rings (SSSR count). The van der Waals surface area contributed by atoms with Gasteiger partial charge in [-0.2, -0.15) is 11.3 Å². The zero-order valence-electron chi connectivity index (χ0n) is 15.8. The predicted molar refractivity (Wildman–Crippen MR) is 115 cm³/mol. The Morgan fingerprint density at radius 1 is 1.24 bits per heavy atom. The van der Waals surface area contributed by atoms with E-state index >= 15 is 0 Å². The summed E-state index contributed by atoms with van der Waals surface area (Å²) < 4.78 is 5.28. The van der Waals surface area contributed by atoms with Gasteiger partial charge in [0.05, 0.1) is 30.6 Å². The number of nitrogens with one attached hydrogen (secondary N) is 2. The summed E-state index contributed by atoms with van der Waals surface area (Å²) in [6.07, 6.45) is 0.752. The number of fused-ring (bicyclic) bond motifs is 1. The number of para-hydroxylation sites is 2. The summed E-state index contributed by atoms with van der Waals surface area (Å²) >= 11 is 2.95. The van der Waals surface area contributed by atoms with Crippen molar-refractivity contribution in [2.45, 2.75) is 13.0 Å². The number of aromatic nitrogens is 1. The number of anilines is 2. The van der Waals surface area contributed by atoms with Crippen molar-refractivity contribution >= 4 is 45.3 Å². The van der Waals surface area contributed by atoms with E-state index in [1.54, 1.807) is 13.2 Å². The van der Waals surface area contributed by atoms with Crippen LogP contribution in [0.1, 0.15) is 20.9 Å². The second-order valence-electron chi connectivity index (χ2n) is 6.56. The lowest BCUT2D eigenvalue weighted by Crippen LogP contribution is -2.36. The molecule has 0 saturated heterocycles. The van der Waals surface area contributed by atoms with Crippen LogP contribution in [0.5, 0.6) is 5.75 Å². The van der Waals surface area contributed by atoms with E-state index in [0.717, 1.165) is 23.5 Å². The zero-order valence-corrected chi connectivity index (χ0v) is 17.4. The Kier molecular flexibility index (Phi) is 5.89. The Labute approximate surface area is 176 Å². The minimum atomic E-state index is -0.148.